The maximum atomic E-state index is 9.97. The van der Waals surface area contributed by atoms with Crippen molar-refractivity contribution in [2.75, 3.05) is 42.7 Å². The highest BCUT2D eigenvalue weighted by molar-refractivity contribution is 6.45. The normalized spacial score (nSPS) is 8.00. The Morgan fingerprint density at radius 1 is 0.500 bits per heavy atom. The minimum absolute atomic E-state index is 0.194. The summed E-state index contributed by atoms with van der Waals surface area (Å²) in [4.78, 5) is 9.16. The van der Waals surface area contributed by atoms with Gasteiger partial charge in [-0.15, -0.1) is 209 Å². The van der Waals surface area contributed by atoms with Crippen LogP contribution < -0.4 is 0 Å². The van der Waals surface area contributed by atoms with Crippen LogP contribution in [0.25, 0.3) is 0 Å². The van der Waals surface area contributed by atoms with E-state index in [0.29, 0.717) is 0 Å². The second kappa shape index (κ2) is 91.3. The predicted molar refractivity (Wildman–Crippen MR) is 165 cm³/mol. The highest BCUT2D eigenvalue weighted by Crippen LogP contribution is 2.13. The van der Waals surface area contributed by atoms with E-state index in [1.165, 1.54) is 6.92 Å². The Hall–Kier alpha value is 4.69. The molecule has 0 amide bonds. The van der Waals surface area contributed by atoms with E-state index in [1.807, 2.05) is 0 Å². The van der Waals surface area contributed by atoms with Gasteiger partial charge in [0, 0.05) is 0 Å². The molecule has 1 N–H and O–H groups in total. The van der Waals surface area contributed by atoms with Gasteiger partial charge in [0.05, 0.1) is 48.6 Å². The fourth-order valence-electron chi connectivity index (χ4n) is 0.108. The maximum absolute atomic E-state index is 9.97. The van der Waals surface area contributed by atoms with E-state index in [4.69, 9.17) is 214 Å². The summed E-state index contributed by atoms with van der Waals surface area (Å²) in [6.45, 7) is 1.45. The first-order valence-electron chi connectivity index (χ1n) is 6.34. The van der Waals surface area contributed by atoms with E-state index in [-0.39, 0.29) is 42.7 Å². The summed E-state index contributed by atoms with van der Waals surface area (Å²) in [5.41, 5.74) is 0. The lowest BCUT2D eigenvalue weighted by Crippen LogP contribution is -2.15. The molecule has 0 aromatic heterocycles. The zero-order valence-corrected chi connectivity index (χ0v) is 29.6. The summed E-state index contributed by atoms with van der Waals surface area (Å²) in [6, 6.07) is 0. The molecule has 0 radical (unpaired) electrons. The summed E-state index contributed by atoms with van der Waals surface area (Å²) < 4.78 is 0. The van der Waals surface area contributed by atoms with Gasteiger partial charge in [-0.1, -0.05) is 0 Å². The molecule has 1 unspecified atom stereocenters. The van der Waals surface area contributed by atoms with Crippen molar-refractivity contribution >= 4 is 215 Å². The number of alkyl halides is 18. The summed E-state index contributed by atoms with van der Waals surface area (Å²) in [6.07, 6.45) is 0. The van der Waals surface area contributed by atoms with Gasteiger partial charge < -0.3 is 5.11 Å². The van der Waals surface area contributed by atoms with Crippen LogP contribution in [-0.4, -0.2) is 58.6 Å². The van der Waals surface area contributed by atoms with Crippen molar-refractivity contribution in [1.29, 1.82) is 0 Å². The van der Waals surface area contributed by atoms with E-state index in [9.17, 15) is 4.79 Å². The van der Waals surface area contributed by atoms with Gasteiger partial charge in [0.25, 0.3) is 0 Å². The minimum Gasteiger partial charge on any atom is -0.481 e. The summed E-state index contributed by atoms with van der Waals surface area (Å²) in [7, 11) is 0. The monoisotopic (exact) mass is 828 g/mol. The van der Waals surface area contributed by atoms with Crippen molar-refractivity contribution in [2.45, 2.75) is 11.8 Å². The molecule has 0 saturated heterocycles. The maximum Gasteiger partial charge on any atom is 0.308 e. The van der Waals surface area contributed by atoms with E-state index in [2.05, 4.69) is 0 Å². The van der Waals surface area contributed by atoms with E-state index < -0.39 is 16.7 Å². The molecule has 20 heteroatoms. The van der Waals surface area contributed by atoms with Crippen LogP contribution in [0.3, 0.4) is 0 Å². The zero-order chi connectivity index (χ0) is 28.4. The van der Waals surface area contributed by atoms with Gasteiger partial charge in [-0.3, -0.25) is 4.79 Å². The Morgan fingerprint density at radius 3 is 0.594 bits per heavy atom. The predicted octanol–water partition coefficient (Wildman–Crippen LogP) is 12.9. The van der Waals surface area contributed by atoms with Crippen LogP contribution in [0.5, 0.6) is 0 Å². The van der Waals surface area contributed by atoms with Gasteiger partial charge in [-0.2, -0.15) is 0 Å². The van der Waals surface area contributed by atoms with E-state index >= 15 is 0 Å². The van der Waals surface area contributed by atoms with Gasteiger partial charge in [-0.05, 0) is 6.92 Å². The number of halogens is 18. The van der Waals surface area contributed by atoms with Gasteiger partial charge in [-0.25, -0.2) is 0 Å². The highest BCUT2D eigenvalue weighted by Gasteiger charge is 2.17. The van der Waals surface area contributed by atoms with Gasteiger partial charge in [0.2, 0.25) is 0 Å². The first-order chi connectivity index (χ1) is 14.9. The zero-order valence-electron chi connectivity index (χ0n) is 16.0. The van der Waals surface area contributed by atoms with Crippen molar-refractivity contribution < 1.29 is 9.90 Å². The molecule has 0 spiro atoms. The topological polar surface area (TPSA) is 37.3 Å². The Morgan fingerprint density at radius 2 is 0.594 bits per heavy atom. The number of hydrogen-bond donors (Lipinski definition) is 1. The molecule has 0 rings (SSSR count). The number of carboxylic acids is 1. The van der Waals surface area contributed by atoms with Gasteiger partial charge in [0.15, 0.2) is 0 Å². The second-order valence-electron chi connectivity index (χ2n) is 2.27. The van der Waals surface area contributed by atoms with Crippen molar-refractivity contribution in [3.63, 3.8) is 0 Å². The molecule has 0 aromatic rings. The number of aliphatic carboxylic acids is 1. The second-order valence-corrected chi connectivity index (χ2v) is 9.90. The molecule has 2 nitrogen and oxygen atoms in total. The SMILES string of the molecule is CC(C(=O)O)C(Cl)Cl.ClCCl.ClCCl.ClCCl.ClCCl.ClCCl.ClCCl.ClCCl.ClCCl. The number of rotatable bonds is 2. The summed E-state index contributed by atoms with van der Waals surface area (Å²) >= 11 is 86.6. The quantitative estimate of drug-likeness (QED) is 0.281. The van der Waals surface area contributed by atoms with Crippen LogP contribution in [-0.2, 0) is 4.79 Å². The smallest absolute Gasteiger partial charge is 0.308 e. The van der Waals surface area contributed by atoms with Crippen molar-refractivity contribution in [3.8, 4) is 0 Å². The van der Waals surface area contributed by atoms with Crippen LogP contribution in [0.2, 0.25) is 0 Å². The number of carbonyl (C=O) groups is 1. The molecule has 32 heavy (non-hydrogen) atoms. The Kier molecular flexibility index (Phi) is 174. The molecule has 0 aliphatic rings. The first kappa shape index (κ1) is 61.0. The lowest BCUT2D eigenvalue weighted by atomic mass is 10.2. The third-order valence-electron chi connectivity index (χ3n) is 0.767. The first-order valence-corrected chi connectivity index (χ1v) is 15.8. The average Bonchev–Trinajstić information content (AvgIpc) is 2.66. The number of carboxylic acid groups (broad SMARTS) is 1. The molecular weight excluding hydrogens is 814 g/mol. The van der Waals surface area contributed by atoms with Crippen LogP contribution in [0.4, 0.5) is 0 Å². The molecule has 0 aliphatic carbocycles. The fraction of sp³-hybridized carbons (Fsp3) is 0.917. The molecule has 0 bridgehead atoms. The van der Waals surface area contributed by atoms with Crippen LogP contribution in [0.1, 0.15) is 6.92 Å². The van der Waals surface area contributed by atoms with E-state index in [1.54, 1.807) is 0 Å². The fourth-order valence-corrected chi connectivity index (χ4v) is 0.323. The van der Waals surface area contributed by atoms with Crippen molar-refractivity contribution in [3.05, 3.63) is 0 Å². The van der Waals surface area contributed by atoms with E-state index in [0.717, 1.165) is 0 Å². The Bertz CT molecular complexity index is 183. The van der Waals surface area contributed by atoms with Crippen molar-refractivity contribution in [2.24, 2.45) is 5.92 Å². The molecule has 0 fully saturated rings. The van der Waals surface area contributed by atoms with Crippen LogP contribution in [0, 0.1) is 5.92 Å². The molecule has 0 saturated carbocycles. The molecule has 0 heterocycles. The third kappa shape index (κ3) is 245. The molecular formula is C12H22Cl18O2. The lowest BCUT2D eigenvalue weighted by molar-refractivity contribution is -0.140. The van der Waals surface area contributed by atoms with Crippen LogP contribution >= 0.6 is 209 Å². The third-order valence-corrected chi connectivity index (χ3v) is 1.52. The summed E-state index contributed by atoms with van der Waals surface area (Å²) in [5.74, 6) is -1.65. The molecule has 0 aromatic carbocycles. The molecule has 1 atom stereocenters. The van der Waals surface area contributed by atoms with Gasteiger partial charge in [0.1, 0.15) is 4.84 Å². The van der Waals surface area contributed by atoms with Crippen LogP contribution in [0.15, 0.2) is 0 Å². The largest absolute Gasteiger partial charge is 0.481 e. The standard InChI is InChI=1S/C4H6Cl2O2.8CH2Cl2/c1-2(3(5)6)4(7)8;8*2-1-3/h2-3H,1H3,(H,7,8);8*1H2. The lowest BCUT2D eigenvalue weighted by Gasteiger charge is -2.03. The number of hydrogen-bond acceptors (Lipinski definition) is 1. The minimum atomic E-state index is -0.972. The summed E-state index contributed by atoms with van der Waals surface area (Å²) in [5, 5.41) is 9.74. The Labute approximate surface area is 281 Å². The average molecular weight is 836 g/mol. The van der Waals surface area contributed by atoms with Crippen molar-refractivity contribution in [1.82, 2.24) is 0 Å². The highest BCUT2D eigenvalue weighted by atomic mass is 35.6. The Balaban J connectivity index is -0.0000000277. The molecule has 0 aliphatic heterocycles. The molecule has 208 valence electrons. The van der Waals surface area contributed by atoms with Gasteiger partial charge >= 0.3 is 5.97 Å².